The van der Waals surface area contributed by atoms with Gasteiger partial charge in [-0.2, -0.15) is 0 Å². The van der Waals surface area contributed by atoms with Crippen molar-refractivity contribution in [3.05, 3.63) is 52.0 Å². The van der Waals surface area contributed by atoms with E-state index in [2.05, 4.69) is 17.1 Å². The van der Waals surface area contributed by atoms with E-state index in [1.807, 2.05) is 23.1 Å². The lowest BCUT2D eigenvalue weighted by atomic mass is 10.1. The third-order valence-corrected chi connectivity index (χ3v) is 5.66. The van der Waals surface area contributed by atoms with Gasteiger partial charge in [0.1, 0.15) is 5.69 Å². The molecule has 1 aliphatic rings. The van der Waals surface area contributed by atoms with Crippen LogP contribution in [0.3, 0.4) is 0 Å². The fourth-order valence-corrected chi connectivity index (χ4v) is 4.00. The van der Waals surface area contributed by atoms with E-state index >= 15 is 0 Å². The topological polar surface area (TPSA) is 79.5 Å². The normalized spacial score (nSPS) is 13.9. The Morgan fingerprint density at radius 1 is 1.04 bits per heavy atom. The van der Waals surface area contributed by atoms with Crippen molar-refractivity contribution in [1.29, 1.82) is 0 Å². The first kappa shape index (κ1) is 22.3. The maximum Gasteiger partial charge on any atom is 0.273 e. The number of thiazole rings is 1. The summed E-state index contributed by atoms with van der Waals surface area (Å²) in [6, 6.07) is 10.2. The van der Waals surface area contributed by atoms with Crippen molar-refractivity contribution in [3.63, 3.8) is 0 Å². The number of aryl methyl sites for hydroxylation is 1. The lowest BCUT2D eigenvalue weighted by molar-refractivity contribution is -0.132. The SMILES string of the molecule is Cl.NCCc1nc(C(=O)N2CCN(C(=O)CCCc3ccccc3)CC2)cs1. The molecule has 2 amide bonds. The number of carbonyl (C=O) groups excluding carboxylic acids is 2. The molecule has 0 bridgehead atoms. The first-order valence-electron chi connectivity index (χ1n) is 9.43. The lowest BCUT2D eigenvalue weighted by Gasteiger charge is -2.34. The third-order valence-electron chi connectivity index (χ3n) is 4.75. The van der Waals surface area contributed by atoms with Gasteiger partial charge in [-0.25, -0.2) is 4.98 Å². The predicted molar refractivity (Wildman–Crippen MR) is 114 cm³/mol. The second kappa shape index (κ2) is 11.1. The molecule has 0 spiro atoms. The van der Waals surface area contributed by atoms with Crippen molar-refractivity contribution in [1.82, 2.24) is 14.8 Å². The Hall–Kier alpha value is -1.96. The highest BCUT2D eigenvalue weighted by Crippen LogP contribution is 2.14. The van der Waals surface area contributed by atoms with E-state index in [9.17, 15) is 9.59 Å². The van der Waals surface area contributed by atoms with Gasteiger partial charge in [0.05, 0.1) is 5.01 Å². The van der Waals surface area contributed by atoms with Gasteiger partial charge in [-0.1, -0.05) is 30.3 Å². The first-order chi connectivity index (χ1) is 13.2. The molecule has 3 rings (SSSR count). The second-order valence-electron chi connectivity index (χ2n) is 6.68. The third kappa shape index (κ3) is 6.02. The Kier molecular flexibility index (Phi) is 8.89. The summed E-state index contributed by atoms with van der Waals surface area (Å²) in [5.41, 5.74) is 7.29. The molecule has 1 aromatic carbocycles. The molecule has 152 valence electrons. The highest BCUT2D eigenvalue weighted by Gasteiger charge is 2.25. The van der Waals surface area contributed by atoms with Gasteiger partial charge in [-0.3, -0.25) is 9.59 Å². The maximum absolute atomic E-state index is 12.6. The number of benzene rings is 1. The van der Waals surface area contributed by atoms with Crippen molar-refractivity contribution in [2.75, 3.05) is 32.7 Å². The highest BCUT2D eigenvalue weighted by molar-refractivity contribution is 7.09. The van der Waals surface area contributed by atoms with E-state index in [4.69, 9.17) is 5.73 Å². The Balaban J connectivity index is 0.00000280. The summed E-state index contributed by atoms with van der Waals surface area (Å²) < 4.78 is 0. The van der Waals surface area contributed by atoms with Gasteiger partial charge in [-0.05, 0) is 24.9 Å². The van der Waals surface area contributed by atoms with Gasteiger partial charge in [0.15, 0.2) is 0 Å². The average Bonchev–Trinajstić information content (AvgIpc) is 3.17. The zero-order chi connectivity index (χ0) is 19.1. The van der Waals surface area contributed by atoms with Crippen LogP contribution in [-0.4, -0.2) is 59.3 Å². The second-order valence-corrected chi connectivity index (χ2v) is 7.62. The Labute approximate surface area is 176 Å². The smallest absolute Gasteiger partial charge is 0.273 e. The Morgan fingerprint density at radius 2 is 1.71 bits per heavy atom. The zero-order valence-corrected chi connectivity index (χ0v) is 17.5. The number of hydrogen-bond acceptors (Lipinski definition) is 5. The van der Waals surface area contributed by atoms with Crippen LogP contribution in [0.15, 0.2) is 35.7 Å². The molecule has 2 aromatic rings. The monoisotopic (exact) mass is 422 g/mol. The van der Waals surface area contributed by atoms with Crippen molar-refractivity contribution in [3.8, 4) is 0 Å². The number of aromatic nitrogens is 1. The molecule has 6 nitrogen and oxygen atoms in total. The number of carbonyl (C=O) groups is 2. The van der Waals surface area contributed by atoms with Crippen LogP contribution in [0.25, 0.3) is 0 Å². The van der Waals surface area contributed by atoms with Gasteiger partial charge < -0.3 is 15.5 Å². The Bertz CT molecular complexity index is 761. The van der Waals surface area contributed by atoms with Crippen LogP contribution in [0.1, 0.15) is 33.9 Å². The van der Waals surface area contributed by atoms with Gasteiger partial charge in [-0.15, -0.1) is 23.7 Å². The molecule has 1 saturated heterocycles. The van der Waals surface area contributed by atoms with E-state index < -0.39 is 0 Å². The first-order valence-corrected chi connectivity index (χ1v) is 10.3. The molecule has 28 heavy (non-hydrogen) atoms. The minimum absolute atomic E-state index is 0. The van der Waals surface area contributed by atoms with Crippen LogP contribution in [0, 0.1) is 0 Å². The van der Waals surface area contributed by atoms with Crippen molar-refractivity contribution < 1.29 is 9.59 Å². The summed E-state index contributed by atoms with van der Waals surface area (Å²) >= 11 is 1.48. The summed E-state index contributed by atoms with van der Waals surface area (Å²) in [6.07, 6.45) is 3.02. The fraction of sp³-hybridized carbons (Fsp3) is 0.450. The van der Waals surface area contributed by atoms with Crippen LogP contribution in [0.2, 0.25) is 0 Å². The highest BCUT2D eigenvalue weighted by atomic mass is 35.5. The molecule has 8 heteroatoms. The summed E-state index contributed by atoms with van der Waals surface area (Å²) in [5, 5.41) is 2.70. The van der Waals surface area contributed by atoms with E-state index in [0.717, 1.165) is 17.8 Å². The summed E-state index contributed by atoms with van der Waals surface area (Å²) in [6.45, 7) is 2.84. The van der Waals surface area contributed by atoms with Gasteiger partial charge in [0, 0.05) is 44.4 Å². The fourth-order valence-electron chi connectivity index (χ4n) is 3.21. The van der Waals surface area contributed by atoms with Crippen LogP contribution in [-0.2, 0) is 17.6 Å². The minimum atomic E-state index is -0.0503. The van der Waals surface area contributed by atoms with Crippen LogP contribution < -0.4 is 5.73 Å². The molecule has 1 fully saturated rings. The summed E-state index contributed by atoms with van der Waals surface area (Å²) in [4.78, 5) is 33.0. The van der Waals surface area contributed by atoms with E-state index in [1.54, 1.807) is 10.3 Å². The van der Waals surface area contributed by atoms with Crippen molar-refractivity contribution in [2.45, 2.75) is 25.7 Å². The van der Waals surface area contributed by atoms with E-state index in [-0.39, 0.29) is 24.2 Å². The molecule has 1 aromatic heterocycles. The minimum Gasteiger partial charge on any atom is -0.339 e. The molecular formula is C20H27ClN4O2S. The number of hydrogen-bond donors (Lipinski definition) is 1. The van der Waals surface area contributed by atoms with Crippen molar-refractivity contribution in [2.24, 2.45) is 5.73 Å². The molecule has 1 aliphatic heterocycles. The van der Waals surface area contributed by atoms with Gasteiger partial charge >= 0.3 is 0 Å². The molecule has 0 saturated carbocycles. The number of rotatable bonds is 7. The molecule has 0 radical (unpaired) electrons. The Morgan fingerprint density at radius 3 is 2.39 bits per heavy atom. The lowest BCUT2D eigenvalue weighted by Crippen LogP contribution is -2.50. The number of nitrogens with two attached hydrogens (primary N) is 1. The molecule has 2 N–H and O–H groups in total. The van der Waals surface area contributed by atoms with Crippen molar-refractivity contribution >= 4 is 35.6 Å². The van der Waals surface area contributed by atoms with Crippen LogP contribution >= 0.6 is 23.7 Å². The molecular weight excluding hydrogens is 396 g/mol. The predicted octanol–water partition coefficient (Wildman–Crippen LogP) is 2.37. The maximum atomic E-state index is 12.6. The number of amides is 2. The molecule has 2 heterocycles. The summed E-state index contributed by atoms with van der Waals surface area (Å²) in [5.74, 6) is 0.127. The largest absolute Gasteiger partial charge is 0.339 e. The van der Waals surface area contributed by atoms with E-state index in [0.29, 0.717) is 51.3 Å². The zero-order valence-electron chi connectivity index (χ0n) is 15.9. The van der Waals surface area contributed by atoms with E-state index in [1.165, 1.54) is 16.9 Å². The van der Waals surface area contributed by atoms with Gasteiger partial charge in [0.25, 0.3) is 5.91 Å². The quantitative estimate of drug-likeness (QED) is 0.742. The summed E-state index contributed by atoms with van der Waals surface area (Å²) in [7, 11) is 0. The van der Waals surface area contributed by atoms with Gasteiger partial charge in [0.2, 0.25) is 5.91 Å². The number of halogens is 1. The average molecular weight is 423 g/mol. The standard InChI is InChI=1S/C20H26N4O2S.ClH/c21-10-9-18-22-17(15-27-18)20(26)24-13-11-23(12-14-24)19(25)8-4-7-16-5-2-1-3-6-16;/h1-3,5-6,15H,4,7-14,21H2;1H. The number of nitrogens with zero attached hydrogens (tertiary/aromatic N) is 3. The molecule has 0 unspecified atom stereocenters. The molecule has 0 aliphatic carbocycles. The number of piperazine rings is 1. The molecule has 0 atom stereocenters. The van der Waals surface area contributed by atoms with Crippen LogP contribution in [0.5, 0.6) is 0 Å². The van der Waals surface area contributed by atoms with Crippen LogP contribution in [0.4, 0.5) is 0 Å².